The molecule has 0 saturated carbocycles. The molecule has 1 saturated heterocycles. The first-order chi connectivity index (χ1) is 7.25. The van der Waals surface area contributed by atoms with Crippen LogP contribution >= 0.6 is 11.8 Å². The normalized spacial score (nSPS) is 21.5. The highest BCUT2D eigenvalue weighted by molar-refractivity contribution is 8.00. The van der Waals surface area contributed by atoms with Gasteiger partial charge < -0.3 is 10.5 Å². The molecule has 1 fully saturated rings. The van der Waals surface area contributed by atoms with E-state index in [1.165, 1.54) is 23.3 Å². The molecule has 2 rings (SSSR count). The van der Waals surface area contributed by atoms with Crippen molar-refractivity contribution in [2.45, 2.75) is 29.9 Å². The van der Waals surface area contributed by atoms with Crippen LogP contribution in [0.1, 0.15) is 18.4 Å². The zero-order chi connectivity index (χ0) is 10.7. The Hall–Kier alpha value is -0.670. The van der Waals surface area contributed by atoms with Crippen molar-refractivity contribution in [3.8, 4) is 0 Å². The van der Waals surface area contributed by atoms with Gasteiger partial charge in [0.1, 0.15) is 0 Å². The van der Waals surface area contributed by atoms with Crippen molar-refractivity contribution in [3.63, 3.8) is 0 Å². The highest BCUT2D eigenvalue weighted by Gasteiger charge is 2.15. The monoisotopic (exact) mass is 223 g/mol. The summed E-state index contributed by atoms with van der Waals surface area (Å²) in [7, 11) is 0. The maximum Gasteiger partial charge on any atom is 0.0588 e. The van der Waals surface area contributed by atoms with E-state index in [0.717, 1.165) is 18.9 Å². The number of nitrogen functional groups attached to an aromatic ring is 1. The summed E-state index contributed by atoms with van der Waals surface area (Å²) < 4.78 is 5.47. The molecule has 0 aromatic heterocycles. The first-order valence-corrected chi connectivity index (χ1v) is 6.24. The van der Waals surface area contributed by atoms with Crippen LogP contribution < -0.4 is 5.73 Å². The first-order valence-electron chi connectivity index (χ1n) is 5.36. The summed E-state index contributed by atoms with van der Waals surface area (Å²) in [5.74, 6) is 0. The molecule has 3 heteroatoms. The maximum atomic E-state index is 5.79. The van der Waals surface area contributed by atoms with Gasteiger partial charge in [-0.2, -0.15) is 0 Å². The van der Waals surface area contributed by atoms with Gasteiger partial charge in [-0.1, -0.05) is 6.07 Å². The Bertz CT molecular complexity index is 334. The summed E-state index contributed by atoms with van der Waals surface area (Å²) in [5.41, 5.74) is 7.94. The molecule has 0 spiro atoms. The number of benzene rings is 1. The zero-order valence-electron chi connectivity index (χ0n) is 9.03. The maximum absolute atomic E-state index is 5.79. The van der Waals surface area contributed by atoms with Gasteiger partial charge in [0, 0.05) is 22.4 Å². The second-order valence-corrected chi connectivity index (χ2v) is 5.32. The lowest BCUT2D eigenvalue weighted by Crippen LogP contribution is -2.19. The third kappa shape index (κ3) is 2.89. The van der Waals surface area contributed by atoms with Crippen molar-refractivity contribution in [1.82, 2.24) is 0 Å². The van der Waals surface area contributed by atoms with E-state index in [1.54, 1.807) is 0 Å². The Balaban J connectivity index is 2.05. The van der Waals surface area contributed by atoms with Gasteiger partial charge in [-0.15, -0.1) is 11.8 Å². The minimum absolute atomic E-state index is 0.597. The number of nitrogens with two attached hydrogens (primary N) is 1. The summed E-state index contributed by atoms with van der Waals surface area (Å²) in [6, 6.07) is 6.10. The highest BCUT2D eigenvalue weighted by atomic mass is 32.2. The van der Waals surface area contributed by atoms with Gasteiger partial charge in [0.05, 0.1) is 6.61 Å². The van der Waals surface area contributed by atoms with E-state index in [9.17, 15) is 0 Å². The molecule has 2 nitrogen and oxygen atoms in total. The molecule has 1 aliphatic heterocycles. The summed E-state index contributed by atoms with van der Waals surface area (Å²) in [6.45, 7) is 3.93. The average molecular weight is 223 g/mol. The third-order valence-corrected chi connectivity index (χ3v) is 4.02. The van der Waals surface area contributed by atoms with Gasteiger partial charge in [0.2, 0.25) is 0 Å². The van der Waals surface area contributed by atoms with Crippen molar-refractivity contribution >= 4 is 17.4 Å². The van der Waals surface area contributed by atoms with Crippen LogP contribution in [-0.4, -0.2) is 18.5 Å². The van der Waals surface area contributed by atoms with E-state index in [1.807, 2.05) is 17.8 Å². The molecule has 2 N–H and O–H groups in total. The SMILES string of the molecule is Cc1ccc(N)cc1SC1CCCOC1. The van der Waals surface area contributed by atoms with Crippen molar-refractivity contribution < 1.29 is 4.74 Å². The van der Waals surface area contributed by atoms with Crippen molar-refractivity contribution in [2.75, 3.05) is 18.9 Å². The summed E-state index contributed by atoms with van der Waals surface area (Å²) >= 11 is 1.90. The molecule has 1 aliphatic rings. The molecule has 1 unspecified atom stereocenters. The lowest BCUT2D eigenvalue weighted by atomic mass is 10.2. The van der Waals surface area contributed by atoms with Crippen LogP contribution in [0.4, 0.5) is 5.69 Å². The van der Waals surface area contributed by atoms with Gasteiger partial charge in [0.15, 0.2) is 0 Å². The van der Waals surface area contributed by atoms with Crippen molar-refractivity contribution in [3.05, 3.63) is 23.8 Å². The van der Waals surface area contributed by atoms with Crippen LogP contribution in [0.15, 0.2) is 23.1 Å². The van der Waals surface area contributed by atoms with E-state index in [0.29, 0.717) is 5.25 Å². The van der Waals surface area contributed by atoms with Gasteiger partial charge in [0.25, 0.3) is 0 Å². The van der Waals surface area contributed by atoms with Crippen LogP contribution in [0.25, 0.3) is 0 Å². The quantitative estimate of drug-likeness (QED) is 0.783. The van der Waals surface area contributed by atoms with Crippen LogP contribution in [0.2, 0.25) is 0 Å². The van der Waals surface area contributed by atoms with Crippen LogP contribution in [-0.2, 0) is 4.74 Å². The number of rotatable bonds is 2. The predicted molar refractivity (Wildman–Crippen MR) is 65.3 cm³/mol. The smallest absolute Gasteiger partial charge is 0.0588 e. The average Bonchev–Trinajstić information content (AvgIpc) is 2.25. The zero-order valence-corrected chi connectivity index (χ0v) is 9.85. The topological polar surface area (TPSA) is 35.2 Å². The second kappa shape index (κ2) is 4.90. The fourth-order valence-corrected chi connectivity index (χ4v) is 2.99. The molecular formula is C12H17NOS. The summed E-state index contributed by atoms with van der Waals surface area (Å²) in [4.78, 5) is 1.30. The Morgan fingerprint density at radius 1 is 1.47 bits per heavy atom. The molecule has 1 atom stereocenters. The molecule has 0 amide bonds. The Kier molecular flexibility index (Phi) is 3.54. The summed E-state index contributed by atoms with van der Waals surface area (Å²) in [5, 5.41) is 0.597. The molecule has 0 radical (unpaired) electrons. The van der Waals surface area contributed by atoms with Gasteiger partial charge in [-0.05, 0) is 37.5 Å². The lowest BCUT2D eigenvalue weighted by molar-refractivity contribution is 0.101. The van der Waals surface area contributed by atoms with E-state index >= 15 is 0 Å². The molecule has 1 aromatic rings. The van der Waals surface area contributed by atoms with Crippen molar-refractivity contribution in [2.24, 2.45) is 0 Å². The Labute approximate surface area is 95.2 Å². The van der Waals surface area contributed by atoms with E-state index in [4.69, 9.17) is 10.5 Å². The van der Waals surface area contributed by atoms with E-state index in [-0.39, 0.29) is 0 Å². The Morgan fingerprint density at radius 3 is 3.07 bits per heavy atom. The number of thioether (sulfide) groups is 1. The minimum atomic E-state index is 0.597. The van der Waals surface area contributed by atoms with Gasteiger partial charge in [-0.25, -0.2) is 0 Å². The van der Waals surface area contributed by atoms with E-state index < -0.39 is 0 Å². The van der Waals surface area contributed by atoms with Gasteiger partial charge >= 0.3 is 0 Å². The number of anilines is 1. The number of hydrogen-bond acceptors (Lipinski definition) is 3. The van der Waals surface area contributed by atoms with E-state index in [2.05, 4.69) is 19.1 Å². The number of ether oxygens (including phenoxy) is 1. The molecule has 15 heavy (non-hydrogen) atoms. The third-order valence-electron chi connectivity index (χ3n) is 2.62. The minimum Gasteiger partial charge on any atom is -0.399 e. The fraction of sp³-hybridized carbons (Fsp3) is 0.500. The van der Waals surface area contributed by atoms with Crippen LogP contribution in [0.5, 0.6) is 0 Å². The second-order valence-electron chi connectivity index (χ2n) is 3.98. The largest absolute Gasteiger partial charge is 0.399 e. The number of hydrogen-bond donors (Lipinski definition) is 1. The molecule has 0 aliphatic carbocycles. The molecule has 1 aromatic carbocycles. The predicted octanol–water partition coefficient (Wildman–Crippen LogP) is 2.85. The Morgan fingerprint density at radius 2 is 2.33 bits per heavy atom. The first kappa shape index (κ1) is 10.8. The molecular weight excluding hydrogens is 206 g/mol. The fourth-order valence-electron chi connectivity index (χ4n) is 1.73. The van der Waals surface area contributed by atoms with Gasteiger partial charge in [-0.3, -0.25) is 0 Å². The van der Waals surface area contributed by atoms with Crippen LogP contribution in [0.3, 0.4) is 0 Å². The van der Waals surface area contributed by atoms with Crippen molar-refractivity contribution in [1.29, 1.82) is 0 Å². The van der Waals surface area contributed by atoms with Crippen LogP contribution in [0, 0.1) is 6.92 Å². The molecule has 1 heterocycles. The summed E-state index contributed by atoms with van der Waals surface area (Å²) in [6.07, 6.45) is 2.43. The molecule has 82 valence electrons. The highest BCUT2D eigenvalue weighted by Crippen LogP contribution is 2.32. The number of aryl methyl sites for hydroxylation is 1. The lowest BCUT2D eigenvalue weighted by Gasteiger charge is -2.22. The standard InChI is InChI=1S/C12H17NOS/c1-9-4-5-10(13)7-12(9)15-11-3-2-6-14-8-11/h4-5,7,11H,2-3,6,8,13H2,1H3. The molecule has 0 bridgehead atoms.